The van der Waals surface area contributed by atoms with Gasteiger partial charge >= 0.3 is 0 Å². The first-order valence-corrected chi connectivity index (χ1v) is 10.1. The van der Waals surface area contributed by atoms with E-state index in [1.807, 2.05) is 6.92 Å². The van der Waals surface area contributed by atoms with Gasteiger partial charge in [0.2, 0.25) is 10.0 Å². The molecule has 1 aliphatic heterocycles. The minimum Gasteiger partial charge on any atom is -0.489 e. The van der Waals surface area contributed by atoms with Gasteiger partial charge in [0.1, 0.15) is 11.9 Å². The normalized spacial score (nSPS) is 18.4. The number of pyridine rings is 1. The summed E-state index contributed by atoms with van der Waals surface area (Å²) >= 11 is 3.30. The van der Waals surface area contributed by atoms with Gasteiger partial charge in [0, 0.05) is 29.8 Å². The van der Waals surface area contributed by atoms with Crippen LogP contribution in [0.2, 0.25) is 0 Å². The van der Waals surface area contributed by atoms with Crippen molar-refractivity contribution in [1.29, 1.82) is 0 Å². The lowest BCUT2D eigenvalue weighted by Crippen LogP contribution is -2.31. The summed E-state index contributed by atoms with van der Waals surface area (Å²) in [4.78, 5) is 12.1. The van der Waals surface area contributed by atoms with Gasteiger partial charge in [0.05, 0.1) is 11.4 Å². The molecule has 1 saturated heterocycles. The summed E-state index contributed by atoms with van der Waals surface area (Å²) in [7, 11) is -1.84. The van der Waals surface area contributed by atoms with Crippen LogP contribution in [0.25, 0.3) is 0 Å². The fourth-order valence-corrected chi connectivity index (χ4v) is 4.52. The standard InChI is InChI=1S/C17H19BrN2O4S/c1-12-9-15(10-17(21)19(12)2)24-14-7-8-20(11-14)25(22,23)16-5-3-13(18)4-6-16/h3-6,9-10,14H,7-8,11H2,1-2H3. The van der Waals surface area contributed by atoms with E-state index in [-0.39, 0.29) is 23.1 Å². The maximum absolute atomic E-state index is 12.7. The predicted molar refractivity (Wildman–Crippen MR) is 98.4 cm³/mol. The third kappa shape index (κ3) is 3.80. The molecule has 1 unspecified atom stereocenters. The molecule has 0 radical (unpaired) electrons. The first-order chi connectivity index (χ1) is 11.8. The Bertz CT molecular complexity index is 938. The number of halogens is 1. The SMILES string of the molecule is Cc1cc(OC2CCN(S(=O)(=O)c3ccc(Br)cc3)C2)cc(=O)n1C. The van der Waals surface area contributed by atoms with Crippen LogP contribution >= 0.6 is 15.9 Å². The molecule has 25 heavy (non-hydrogen) atoms. The molecule has 1 aromatic carbocycles. The van der Waals surface area contributed by atoms with Gasteiger partial charge in [0.25, 0.3) is 5.56 Å². The van der Waals surface area contributed by atoms with Crippen LogP contribution < -0.4 is 10.3 Å². The molecule has 0 aliphatic carbocycles. The van der Waals surface area contributed by atoms with Crippen molar-refractivity contribution in [3.8, 4) is 5.75 Å². The molecule has 2 heterocycles. The summed E-state index contributed by atoms with van der Waals surface area (Å²) in [6.45, 7) is 2.49. The van der Waals surface area contributed by atoms with E-state index in [0.717, 1.165) is 10.2 Å². The summed E-state index contributed by atoms with van der Waals surface area (Å²) < 4.78 is 35.0. The highest BCUT2D eigenvalue weighted by molar-refractivity contribution is 9.10. The zero-order valence-electron chi connectivity index (χ0n) is 14.0. The Morgan fingerprint density at radius 3 is 2.52 bits per heavy atom. The number of hydrogen-bond donors (Lipinski definition) is 0. The molecule has 1 aromatic heterocycles. The van der Waals surface area contributed by atoms with Crippen molar-refractivity contribution in [1.82, 2.24) is 8.87 Å². The zero-order chi connectivity index (χ0) is 18.2. The highest BCUT2D eigenvalue weighted by atomic mass is 79.9. The smallest absolute Gasteiger partial charge is 0.254 e. The van der Waals surface area contributed by atoms with Crippen LogP contribution in [0, 0.1) is 6.92 Å². The van der Waals surface area contributed by atoms with E-state index in [1.165, 1.54) is 14.9 Å². The van der Waals surface area contributed by atoms with Gasteiger partial charge in [0.15, 0.2) is 0 Å². The van der Waals surface area contributed by atoms with Crippen molar-refractivity contribution in [3.05, 3.63) is 56.9 Å². The average Bonchev–Trinajstić information content (AvgIpc) is 3.02. The number of sulfonamides is 1. The van der Waals surface area contributed by atoms with Crippen molar-refractivity contribution < 1.29 is 13.2 Å². The molecule has 0 spiro atoms. The number of nitrogens with zero attached hydrogens (tertiary/aromatic N) is 2. The summed E-state index contributed by atoms with van der Waals surface area (Å²) in [6, 6.07) is 9.79. The second kappa shape index (κ2) is 6.93. The summed E-state index contributed by atoms with van der Waals surface area (Å²) in [5.74, 6) is 0.480. The molecule has 1 fully saturated rings. The maximum atomic E-state index is 12.7. The highest BCUT2D eigenvalue weighted by Gasteiger charge is 2.33. The molecule has 1 aliphatic rings. The number of rotatable bonds is 4. The van der Waals surface area contributed by atoms with Crippen LogP contribution in [0.1, 0.15) is 12.1 Å². The van der Waals surface area contributed by atoms with E-state index in [0.29, 0.717) is 18.7 Å². The van der Waals surface area contributed by atoms with Crippen molar-refractivity contribution >= 4 is 26.0 Å². The summed E-state index contributed by atoms with van der Waals surface area (Å²) in [5.41, 5.74) is 0.646. The fraction of sp³-hybridized carbons (Fsp3) is 0.353. The van der Waals surface area contributed by atoms with Crippen molar-refractivity contribution in [2.24, 2.45) is 7.05 Å². The number of ether oxygens (including phenoxy) is 1. The minimum atomic E-state index is -3.54. The first kappa shape index (κ1) is 18.2. The van der Waals surface area contributed by atoms with Crippen LogP contribution in [0.5, 0.6) is 5.75 Å². The van der Waals surface area contributed by atoms with Crippen molar-refractivity contribution in [2.45, 2.75) is 24.3 Å². The minimum absolute atomic E-state index is 0.146. The number of aryl methyl sites for hydroxylation is 1. The predicted octanol–water partition coefficient (Wildman–Crippen LogP) is 2.30. The molecule has 0 saturated carbocycles. The average molecular weight is 427 g/mol. The second-order valence-corrected chi connectivity index (χ2v) is 8.93. The maximum Gasteiger partial charge on any atom is 0.254 e. The largest absolute Gasteiger partial charge is 0.489 e. The van der Waals surface area contributed by atoms with Crippen LogP contribution in [0.15, 0.2) is 50.6 Å². The van der Waals surface area contributed by atoms with E-state index in [9.17, 15) is 13.2 Å². The molecule has 3 rings (SSSR count). The van der Waals surface area contributed by atoms with Gasteiger partial charge in [-0.2, -0.15) is 4.31 Å². The van der Waals surface area contributed by atoms with Crippen LogP contribution in [0.4, 0.5) is 0 Å². The molecule has 2 aromatic rings. The third-order valence-corrected chi connectivity index (χ3v) is 6.75. The van der Waals surface area contributed by atoms with E-state index >= 15 is 0 Å². The molecule has 0 bridgehead atoms. The van der Waals surface area contributed by atoms with E-state index in [2.05, 4.69) is 15.9 Å². The highest BCUT2D eigenvalue weighted by Crippen LogP contribution is 2.25. The van der Waals surface area contributed by atoms with Crippen LogP contribution in [-0.2, 0) is 17.1 Å². The van der Waals surface area contributed by atoms with Crippen molar-refractivity contribution in [2.75, 3.05) is 13.1 Å². The monoisotopic (exact) mass is 426 g/mol. The number of hydrogen-bond acceptors (Lipinski definition) is 4. The van der Waals surface area contributed by atoms with Gasteiger partial charge in [-0.1, -0.05) is 15.9 Å². The Kier molecular flexibility index (Phi) is 5.04. The summed E-state index contributed by atoms with van der Waals surface area (Å²) in [5, 5.41) is 0. The van der Waals surface area contributed by atoms with Gasteiger partial charge in [-0.05, 0) is 43.7 Å². The van der Waals surface area contributed by atoms with Crippen LogP contribution in [0.3, 0.4) is 0 Å². The molecule has 0 N–H and O–H groups in total. The van der Waals surface area contributed by atoms with Gasteiger partial charge in [-0.3, -0.25) is 4.79 Å². The number of aromatic nitrogens is 1. The van der Waals surface area contributed by atoms with E-state index < -0.39 is 10.0 Å². The van der Waals surface area contributed by atoms with E-state index in [1.54, 1.807) is 37.4 Å². The molecular formula is C17H19BrN2O4S. The molecule has 134 valence electrons. The molecule has 6 nitrogen and oxygen atoms in total. The Labute approximate surface area is 155 Å². The quantitative estimate of drug-likeness (QED) is 0.751. The fourth-order valence-electron chi connectivity index (χ4n) is 2.77. The lowest BCUT2D eigenvalue weighted by Gasteiger charge is -2.18. The van der Waals surface area contributed by atoms with Crippen LogP contribution in [-0.4, -0.2) is 36.5 Å². The Balaban J connectivity index is 1.73. The lowest BCUT2D eigenvalue weighted by molar-refractivity contribution is 0.214. The van der Waals surface area contributed by atoms with Gasteiger partial charge < -0.3 is 9.30 Å². The zero-order valence-corrected chi connectivity index (χ0v) is 16.4. The summed E-state index contributed by atoms with van der Waals surface area (Å²) in [6.07, 6.45) is 0.320. The topological polar surface area (TPSA) is 68.6 Å². The second-order valence-electron chi connectivity index (χ2n) is 6.08. The molecule has 0 amide bonds. The Morgan fingerprint density at radius 2 is 1.88 bits per heavy atom. The third-order valence-electron chi connectivity index (χ3n) is 4.34. The molecule has 8 heteroatoms. The van der Waals surface area contributed by atoms with E-state index in [4.69, 9.17) is 4.74 Å². The Morgan fingerprint density at radius 1 is 1.20 bits per heavy atom. The lowest BCUT2D eigenvalue weighted by atomic mass is 10.3. The first-order valence-electron chi connectivity index (χ1n) is 7.87. The molecular weight excluding hydrogens is 408 g/mol. The Hall–Kier alpha value is -1.64. The van der Waals surface area contributed by atoms with Gasteiger partial charge in [-0.25, -0.2) is 8.42 Å². The number of benzene rings is 1. The molecule has 1 atom stereocenters. The van der Waals surface area contributed by atoms with Crippen molar-refractivity contribution in [3.63, 3.8) is 0 Å². The van der Waals surface area contributed by atoms with Gasteiger partial charge in [-0.15, -0.1) is 0 Å².